The maximum absolute atomic E-state index is 12.6. The van der Waals surface area contributed by atoms with Gasteiger partial charge in [0.05, 0.1) is 18.2 Å². The highest BCUT2D eigenvalue weighted by molar-refractivity contribution is 9.10. The summed E-state index contributed by atoms with van der Waals surface area (Å²) in [4.78, 5) is 40.9. The highest BCUT2D eigenvalue weighted by Gasteiger charge is 2.16. The lowest BCUT2D eigenvalue weighted by atomic mass is 10.1. The smallest absolute Gasteiger partial charge is 0.340 e. The molecule has 2 aromatic heterocycles. The van der Waals surface area contributed by atoms with E-state index in [2.05, 4.69) is 26.3 Å². The number of hydrogen-bond donors (Lipinski definition) is 1. The fourth-order valence-electron chi connectivity index (χ4n) is 2.36. The van der Waals surface area contributed by atoms with Crippen LogP contribution in [0.2, 0.25) is 0 Å². The summed E-state index contributed by atoms with van der Waals surface area (Å²) in [5, 5.41) is 0.743. The van der Waals surface area contributed by atoms with Crippen molar-refractivity contribution in [1.82, 2.24) is 9.66 Å². The van der Waals surface area contributed by atoms with Crippen molar-refractivity contribution >= 4 is 38.6 Å². The molecule has 25 heavy (non-hydrogen) atoms. The Balaban J connectivity index is 2.10. The summed E-state index contributed by atoms with van der Waals surface area (Å²) >= 11 is 3.23. The SMILES string of the molecule is COC(=O)c1cn(NC(=O)c2cncc(Br)c2)c(=O)c2ccccc12. The third kappa shape index (κ3) is 3.29. The molecule has 0 fully saturated rings. The number of pyridine rings is 2. The lowest BCUT2D eigenvalue weighted by Gasteiger charge is -2.12. The van der Waals surface area contributed by atoms with Crippen molar-refractivity contribution in [3.05, 3.63) is 74.9 Å². The molecule has 0 aliphatic carbocycles. The second kappa shape index (κ2) is 6.86. The minimum Gasteiger partial charge on any atom is -0.465 e. The zero-order chi connectivity index (χ0) is 18.0. The van der Waals surface area contributed by atoms with Crippen molar-refractivity contribution in [3.63, 3.8) is 0 Å². The number of nitrogens with zero attached hydrogens (tertiary/aromatic N) is 2. The molecule has 0 saturated heterocycles. The van der Waals surface area contributed by atoms with Gasteiger partial charge in [0.2, 0.25) is 0 Å². The quantitative estimate of drug-likeness (QED) is 0.680. The molecule has 1 N–H and O–H groups in total. The molecule has 3 aromatic rings. The number of benzene rings is 1. The van der Waals surface area contributed by atoms with E-state index in [1.54, 1.807) is 30.3 Å². The van der Waals surface area contributed by atoms with Gasteiger partial charge in [-0.1, -0.05) is 18.2 Å². The van der Waals surface area contributed by atoms with Crippen LogP contribution >= 0.6 is 15.9 Å². The van der Waals surface area contributed by atoms with Crippen molar-refractivity contribution in [2.75, 3.05) is 12.5 Å². The van der Waals surface area contributed by atoms with Crippen LogP contribution in [-0.4, -0.2) is 28.6 Å². The summed E-state index contributed by atoms with van der Waals surface area (Å²) in [5.74, 6) is -1.15. The fraction of sp³-hybridized carbons (Fsp3) is 0.0588. The maximum atomic E-state index is 12.6. The Hall–Kier alpha value is -3.00. The molecule has 0 unspecified atom stereocenters. The van der Waals surface area contributed by atoms with Crippen LogP contribution in [0, 0.1) is 0 Å². The Bertz CT molecular complexity index is 1050. The molecule has 1 aromatic carbocycles. The number of ether oxygens (including phenoxy) is 1. The van der Waals surface area contributed by atoms with Crippen molar-refractivity contribution in [1.29, 1.82) is 0 Å². The minimum absolute atomic E-state index is 0.172. The van der Waals surface area contributed by atoms with E-state index in [0.29, 0.717) is 9.86 Å². The van der Waals surface area contributed by atoms with E-state index in [4.69, 9.17) is 4.74 Å². The molecule has 0 bridgehead atoms. The van der Waals surface area contributed by atoms with Gasteiger partial charge in [-0.2, -0.15) is 0 Å². The van der Waals surface area contributed by atoms with E-state index in [1.807, 2.05) is 0 Å². The monoisotopic (exact) mass is 401 g/mol. The highest BCUT2D eigenvalue weighted by Crippen LogP contribution is 2.16. The molecule has 0 atom stereocenters. The number of amides is 1. The van der Waals surface area contributed by atoms with E-state index in [-0.39, 0.29) is 16.5 Å². The van der Waals surface area contributed by atoms with Crippen molar-refractivity contribution in [3.8, 4) is 0 Å². The minimum atomic E-state index is -0.608. The van der Waals surface area contributed by atoms with Gasteiger partial charge in [-0.3, -0.25) is 20.0 Å². The van der Waals surface area contributed by atoms with Gasteiger partial charge in [-0.25, -0.2) is 9.47 Å². The van der Waals surface area contributed by atoms with Gasteiger partial charge in [0.15, 0.2) is 0 Å². The predicted octanol–water partition coefficient (Wildman–Crippen LogP) is 2.33. The summed E-state index contributed by atoms with van der Waals surface area (Å²) in [6.07, 6.45) is 4.15. The van der Waals surface area contributed by atoms with E-state index in [0.717, 1.165) is 4.68 Å². The molecule has 2 heterocycles. The highest BCUT2D eigenvalue weighted by atomic mass is 79.9. The standard InChI is InChI=1S/C17H12BrN3O4/c1-25-17(24)14-9-21(16(23)13-5-3-2-4-12(13)14)20-15(22)10-6-11(18)8-19-7-10/h2-9H,1H3,(H,20,22). The molecule has 8 heteroatoms. The molecule has 0 aliphatic heterocycles. The van der Waals surface area contributed by atoms with E-state index in [1.165, 1.54) is 25.7 Å². The first-order valence-corrected chi connectivity index (χ1v) is 7.95. The average molecular weight is 402 g/mol. The largest absolute Gasteiger partial charge is 0.465 e. The van der Waals surface area contributed by atoms with Crippen molar-refractivity contribution in [2.24, 2.45) is 0 Å². The normalized spacial score (nSPS) is 10.5. The van der Waals surface area contributed by atoms with E-state index >= 15 is 0 Å². The number of hydrogen-bond acceptors (Lipinski definition) is 5. The average Bonchev–Trinajstić information content (AvgIpc) is 2.63. The van der Waals surface area contributed by atoms with E-state index in [9.17, 15) is 14.4 Å². The first-order valence-electron chi connectivity index (χ1n) is 7.16. The molecule has 0 spiro atoms. The Morgan fingerprint density at radius 1 is 1.20 bits per heavy atom. The first kappa shape index (κ1) is 16.8. The Kier molecular flexibility index (Phi) is 4.62. The van der Waals surface area contributed by atoms with Crippen LogP contribution in [-0.2, 0) is 4.74 Å². The second-order valence-electron chi connectivity index (χ2n) is 5.09. The van der Waals surface area contributed by atoms with Gasteiger partial charge >= 0.3 is 5.97 Å². The van der Waals surface area contributed by atoms with Crippen molar-refractivity contribution < 1.29 is 14.3 Å². The van der Waals surface area contributed by atoms with Gasteiger partial charge < -0.3 is 4.74 Å². The summed E-state index contributed by atoms with van der Waals surface area (Å²) in [6, 6.07) is 8.18. The molecule has 0 radical (unpaired) electrons. The zero-order valence-electron chi connectivity index (χ0n) is 13.0. The Morgan fingerprint density at radius 2 is 1.92 bits per heavy atom. The van der Waals surface area contributed by atoms with Gasteiger partial charge in [-0.15, -0.1) is 0 Å². The number of carbonyl (C=O) groups excluding carboxylic acids is 2. The molecule has 0 saturated carbocycles. The van der Waals surface area contributed by atoms with Gasteiger partial charge in [-0.05, 0) is 28.1 Å². The Labute approximate surface area is 150 Å². The van der Waals surface area contributed by atoms with Crippen LogP contribution in [0.15, 0.2) is 58.2 Å². The summed E-state index contributed by atoms with van der Waals surface area (Å²) in [5.41, 5.74) is 2.43. The van der Waals surface area contributed by atoms with E-state index < -0.39 is 17.4 Å². The Morgan fingerprint density at radius 3 is 2.60 bits per heavy atom. The summed E-state index contributed by atoms with van der Waals surface area (Å²) in [7, 11) is 1.25. The van der Waals surface area contributed by atoms with Crippen LogP contribution in [0.1, 0.15) is 20.7 Å². The number of halogens is 1. The third-order valence-corrected chi connectivity index (χ3v) is 3.95. The number of fused-ring (bicyclic) bond motifs is 1. The zero-order valence-corrected chi connectivity index (χ0v) is 14.6. The summed E-state index contributed by atoms with van der Waals surface area (Å²) < 4.78 is 6.36. The van der Waals surface area contributed by atoms with Crippen LogP contribution in [0.4, 0.5) is 0 Å². The molecular weight excluding hydrogens is 390 g/mol. The number of esters is 1. The lowest BCUT2D eigenvalue weighted by molar-refractivity contribution is 0.0601. The summed E-state index contributed by atoms with van der Waals surface area (Å²) in [6.45, 7) is 0. The number of nitrogens with one attached hydrogen (secondary N) is 1. The van der Waals surface area contributed by atoms with Gasteiger partial charge in [0.25, 0.3) is 11.5 Å². The maximum Gasteiger partial charge on any atom is 0.340 e. The number of carbonyl (C=O) groups is 2. The molecule has 3 rings (SSSR count). The van der Waals surface area contributed by atoms with Gasteiger partial charge in [0.1, 0.15) is 0 Å². The topological polar surface area (TPSA) is 90.3 Å². The predicted molar refractivity (Wildman–Crippen MR) is 95.2 cm³/mol. The number of methoxy groups -OCH3 is 1. The number of aromatic nitrogens is 2. The lowest BCUT2D eigenvalue weighted by Crippen LogP contribution is -2.33. The molecular formula is C17H12BrN3O4. The number of rotatable bonds is 3. The second-order valence-corrected chi connectivity index (χ2v) is 6.00. The van der Waals surface area contributed by atoms with Crippen LogP contribution in [0.25, 0.3) is 10.8 Å². The molecule has 7 nitrogen and oxygen atoms in total. The molecule has 1 amide bonds. The van der Waals surface area contributed by atoms with Crippen LogP contribution < -0.4 is 11.0 Å². The fourth-order valence-corrected chi connectivity index (χ4v) is 2.72. The van der Waals surface area contributed by atoms with Crippen LogP contribution in [0.3, 0.4) is 0 Å². The third-order valence-electron chi connectivity index (χ3n) is 3.52. The first-order chi connectivity index (χ1) is 12.0. The van der Waals surface area contributed by atoms with Gasteiger partial charge in [0, 0.05) is 33.8 Å². The molecule has 126 valence electrons. The van der Waals surface area contributed by atoms with Crippen molar-refractivity contribution in [2.45, 2.75) is 0 Å². The molecule has 0 aliphatic rings. The van der Waals surface area contributed by atoms with Crippen LogP contribution in [0.5, 0.6) is 0 Å².